The van der Waals surface area contributed by atoms with Gasteiger partial charge in [-0.3, -0.25) is 15.1 Å². The van der Waals surface area contributed by atoms with Gasteiger partial charge in [0, 0.05) is 22.0 Å². The number of pyridine rings is 1. The molecular formula is C24H17N3OS. The van der Waals surface area contributed by atoms with E-state index in [4.69, 9.17) is 4.98 Å². The molecule has 0 unspecified atom stereocenters. The van der Waals surface area contributed by atoms with E-state index in [0.717, 1.165) is 39.7 Å². The zero-order valence-corrected chi connectivity index (χ0v) is 16.6. The summed E-state index contributed by atoms with van der Waals surface area (Å²) in [6, 6.07) is 18.3. The fraction of sp³-hybridized carbons (Fsp3) is 0.125. The number of nitrogens with zero attached hydrogens (tertiary/aromatic N) is 2. The number of amides is 1. The molecule has 0 fully saturated rings. The first kappa shape index (κ1) is 16.6. The van der Waals surface area contributed by atoms with E-state index < -0.39 is 0 Å². The Morgan fingerprint density at radius 3 is 2.79 bits per heavy atom. The van der Waals surface area contributed by atoms with E-state index in [0.29, 0.717) is 10.7 Å². The predicted molar refractivity (Wildman–Crippen MR) is 119 cm³/mol. The van der Waals surface area contributed by atoms with Gasteiger partial charge in [0.2, 0.25) is 0 Å². The molecule has 0 saturated carbocycles. The Hall–Kier alpha value is -3.31. The van der Waals surface area contributed by atoms with Crippen LogP contribution in [-0.2, 0) is 12.8 Å². The molecule has 1 aliphatic carbocycles. The fourth-order valence-electron chi connectivity index (χ4n) is 4.29. The summed E-state index contributed by atoms with van der Waals surface area (Å²) < 4.78 is 1.12. The number of aromatic nitrogens is 2. The summed E-state index contributed by atoms with van der Waals surface area (Å²) in [7, 11) is 0. The fourth-order valence-corrected chi connectivity index (χ4v) is 5.23. The average molecular weight is 395 g/mol. The number of benzene rings is 3. The van der Waals surface area contributed by atoms with Crippen molar-refractivity contribution in [2.75, 3.05) is 5.32 Å². The third-order valence-electron chi connectivity index (χ3n) is 5.66. The van der Waals surface area contributed by atoms with Gasteiger partial charge in [-0.2, -0.15) is 0 Å². The van der Waals surface area contributed by atoms with Crippen LogP contribution in [0.3, 0.4) is 0 Å². The molecule has 140 valence electrons. The number of carbonyl (C=O) groups is 1. The van der Waals surface area contributed by atoms with Crippen LogP contribution in [0.25, 0.3) is 31.9 Å². The Labute approximate surface area is 171 Å². The van der Waals surface area contributed by atoms with Crippen LogP contribution in [0.2, 0.25) is 0 Å². The summed E-state index contributed by atoms with van der Waals surface area (Å²) in [5, 5.41) is 7.18. The second kappa shape index (κ2) is 6.09. The van der Waals surface area contributed by atoms with Crippen molar-refractivity contribution in [3.05, 3.63) is 77.0 Å². The Kier molecular flexibility index (Phi) is 3.49. The van der Waals surface area contributed by atoms with Crippen molar-refractivity contribution in [2.45, 2.75) is 19.8 Å². The number of carbonyl (C=O) groups excluding carboxylic acids is 1. The number of thiazole rings is 1. The monoisotopic (exact) mass is 395 g/mol. The molecule has 6 rings (SSSR count). The van der Waals surface area contributed by atoms with Gasteiger partial charge in [0.05, 0.1) is 15.7 Å². The Bertz CT molecular complexity index is 1470. The molecule has 0 bridgehead atoms. The molecule has 4 nitrogen and oxygen atoms in total. The van der Waals surface area contributed by atoms with Crippen molar-refractivity contribution >= 4 is 54.3 Å². The van der Waals surface area contributed by atoms with Crippen molar-refractivity contribution in [1.29, 1.82) is 0 Å². The smallest absolute Gasteiger partial charge is 0.257 e. The second-order valence-corrected chi connectivity index (χ2v) is 8.59. The van der Waals surface area contributed by atoms with Crippen molar-refractivity contribution in [1.82, 2.24) is 9.97 Å². The number of fused-ring (bicyclic) bond motifs is 3. The second-order valence-electron chi connectivity index (χ2n) is 7.56. The molecule has 2 heterocycles. The first-order valence-corrected chi connectivity index (χ1v) is 10.5. The lowest BCUT2D eigenvalue weighted by Crippen LogP contribution is -2.11. The molecule has 0 radical (unpaired) electrons. The third-order valence-corrected chi connectivity index (χ3v) is 6.58. The van der Waals surface area contributed by atoms with Gasteiger partial charge >= 0.3 is 0 Å². The molecule has 1 N–H and O–H groups in total. The number of aryl methyl sites for hydroxylation is 3. The molecule has 0 saturated heterocycles. The van der Waals surface area contributed by atoms with Gasteiger partial charge in [0.25, 0.3) is 5.91 Å². The largest absolute Gasteiger partial charge is 0.298 e. The highest BCUT2D eigenvalue weighted by Crippen LogP contribution is 2.39. The molecule has 2 aromatic heterocycles. The minimum Gasteiger partial charge on any atom is -0.298 e. The SMILES string of the molecule is Cc1ccc2ccc(C(=O)Nc3nc4c(cc5c6c(cccc64)CC5)s3)cc2n1. The normalized spacial score (nSPS) is 12.9. The molecule has 1 amide bonds. The minimum absolute atomic E-state index is 0.161. The zero-order valence-electron chi connectivity index (χ0n) is 15.8. The van der Waals surface area contributed by atoms with E-state index >= 15 is 0 Å². The summed E-state index contributed by atoms with van der Waals surface area (Å²) in [5.41, 5.74) is 6.11. The minimum atomic E-state index is -0.161. The van der Waals surface area contributed by atoms with Crippen LogP contribution in [0.1, 0.15) is 27.2 Å². The summed E-state index contributed by atoms with van der Waals surface area (Å²) in [6.45, 7) is 1.95. The van der Waals surface area contributed by atoms with E-state index in [-0.39, 0.29) is 5.91 Å². The van der Waals surface area contributed by atoms with Gasteiger partial charge in [0.15, 0.2) is 5.13 Å². The number of hydrogen-bond acceptors (Lipinski definition) is 4. The Balaban J connectivity index is 1.39. The van der Waals surface area contributed by atoms with Gasteiger partial charge in [-0.1, -0.05) is 41.7 Å². The highest BCUT2D eigenvalue weighted by atomic mass is 32.1. The van der Waals surface area contributed by atoms with Crippen molar-refractivity contribution in [2.24, 2.45) is 0 Å². The van der Waals surface area contributed by atoms with Crippen LogP contribution >= 0.6 is 11.3 Å². The highest BCUT2D eigenvalue weighted by Gasteiger charge is 2.19. The number of anilines is 1. The molecule has 5 aromatic rings. The highest BCUT2D eigenvalue weighted by molar-refractivity contribution is 7.22. The number of hydrogen-bond donors (Lipinski definition) is 1. The lowest BCUT2D eigenvalue weighted by atomic mass is 10.0. The molecular weight excluding hydrogens is 378 g/mol. The number of nitrogens with one attached hydrogen (secondary N) is 1. The zero-order chi connectivity index (χ0) is 19.5. The first-order valence-electron chi connectivity index (χ1n) is 9.68. The summed E-state index contributed by atoms with van der Waals surface area (Å²) >= 11 is 1.54. The molecule has 0 aliphatic heterocycles. The maximum atomic E-state index is 12.8. The lowest BCUT2D eigenvalue weighted by Gasteiger charge is -2.04. The third kappa shape index (κ3) is 2.62. The van der Waals surface area contributed by atoms with Gasteiger partial charge in [0.1, 0.15) is 0 Å². The predicted octanol–water partition coefficient (Wildman–Crippen LogP) is 5.66. The van der Waals surface area contributed by atoms with E-state index in [1.807, 2.05) is 37.3 Å². The maximum Gasteiger partial charge on any atom is 0.257 e. The van der Waals surface area contributed by atoms with Crippen LogP contribution in [0.15, 0.2) is 54.6 Å². The lowest BCUT2D eigenvalue weighted by molar-refractivity contribution is 0.102. The van der Waals surface area contributed by atoms with Crippen LogP contribution in [0.5, 0.6) is 0 Å². The van der Waals surface area contributed by atoms with E-state index in [9.17, 15) is 4.79 Å². The molecule has 0 atom stereocenters. The molecule has 1 aliphatic rings. The van der Waals surface area contributed by atoms with Crippen LogP contribution < -0.4 is 5.32 Å². The van der Waals surface area contributed by atoms with Gasteiger partial charge in [-0.05, 0) is 60.5 Å². The summed E-state index contributed by atoms with van der Waals surface area (Å²) in [5.74, 6) is -0.161. The van der Waals surface area contributed by atoms with Crippen molar-refractivity contribution in [3.8, 4) is 0 Å². The van der Waals surface area contributed by atoms with Gasteiger partial charge in [-0.15, -0.1) is 0 Å². The quantitative estimate of drug-likeness (QED) is 0.420. The van der Waals surface area contributed by atoms with Crippen molar-refractivity contribution < 1.29 is 4.79 Å². The van der Waals surface area contributed by atoms with E-state index in [2.05, 4.69) is 34.6 Å². The van der Waals surface area contributed by atoms with Crippen LogP contribution in [0.4, 0.5) is 5.13 Å². The van der Waals surface area contributed by atoms with E-state index in [1.165, 1.54) is 33.2 Å². The standard InChI is InChI=1S/C24H17N3OS/c1-13-5-6-14-7-10-17(11-19(14)25-13)23(28)27-24-26-22-18-4-2-3-15-8-9-16(21(15)18)12-20(22)29-24/h2-7,10-12H,8-9H2,1H3,(H,26,27,28). The van der Waals surface area contributed by atoms with E-state index in [1.54, 1.807) is 0 Å². The molecule has 5 heteroatoms. The van der Waals surface area contributed by atoms with Crippen LogP contribution in [0, 0.1) is 6.92 Å². The van der Waals surface area contributed by atoms with Crippen LogP contribution in [-0.4, -0.2) is 15.9 Å². The molecule has 0 spiro atoms. The van der Waals surface area contributed by atoms with Gasteiger partial charge in [-0.25, -0.2) is 4.98 Å². The topological polar surface area (TPSA) is 54.9 Å². The van der Waals surface area contributed by atoms with Gasteiger partial charge < -0.3 is 0 Å². The molecule has 29 heavy (non-hydrogen) atoms. The molecule has 3 aromatic carbocycles. The summed E-state index contributed by atoms with van der Waals surface area (Å²) in [6.07, 6.45) is 2.18. The average Bonchev–Trinajstić information content (AvgIpc) is 3.32. The Morgan fingerprint density at radius 1 is 1.00 bits per heavy atom. The first-order chi connectivity index (χ1) is 14.2. The number of rotatable bonds is 2. The van der Waals surface area contributed by atoms with Crippen molar-refractivity contribution in [3.63, 3.8) is 0 Å². The summed E-state index contributed by atoms with van der Waals surface area (Å²) in [4.78, 5) is 22.1. The maximum absolute atomic E-state index is 12.8. The Morgan fingerprint density at radius 2 is 1.86 bits per heavy atom.